The van der Waals surface area contributed by atoms with Crippen LogP contribution in [0.4, 0.5) is 0 Å². The van der Waals surface area contributed by atoms with Crippen LogP contribution in [-0.4, -0.2) is 63.4 Å². The molecule has 228 valence electrons. The normalized spacial score (nSPS) is 31.8. The Hall–Kier alpha value is -1.67. The molecule has 0 bridgehead atoms. The largest absolute Gasteiger partial charge is 0.483 e. The molecule has 2 saturated heterocycles. The van der Waals surface area contributed by atoms with Crippen LogP contribution >= 0.6 is 0 Å². The lowest BCUT2D eigenvalue weighted by Crippen LogP contribution is -2.59. The molecular weight excluding hydrogens is 504 g/mol. The van der Waals surface area contributed by atoms with Crippen molar-refractivity contribution in [3.05, 3.63) is 29.8 Å². The van der Waals surface area contributed by atoms with Crippen molar-refractivity contribution in [3.8, 4) is 5.75 Å². The van der Waals surface area contributed by atoms with Crippen molar-refractivity contribution < 1.29 is 23.7 Å². The van der Waals surface area contributed by atoms with Crippen molar-refractivity contribution in [2.75, 3.05) is 26.7 Å². The van der Waals surface area contributed by atoms with E-state index in [1.807, 2.05) is 33.0 Å². The predicted molar refractivity (Wildman–Crippen MR) is 161 cm³/mol. The van der Waals surface area contributed by atoms with E-state index in [1.54, 1.807) is 0 Å². The second-order valence-corrected chi connectivity index (χ2v) is 14.1. The Bertz CT molecular complexity index is 947. The highest BCUT2D eigenvalue weighted by Crippen LogP contribution is 2.47. The number of hydrogen-bond donors (Lipinski definition) is 2. The maximum Gasteiger partial charge on any atom is 0.311 e. The third-order valence-electron chi connectivity index (χ3n) is 8.55. The van der Waals surface area contributed by atoms with Gasteiger partial charge in [-0.2, -0.15) is 0 Å². The predicted octanol–water partition coefficient (Wildman–Crippen LogP) is 6.03. The summed E-state index contributed by atoms with van der Waals surface area (Å²) in [4.78, 5) is 13.2. The number of ether oxygens (including phenoxy) is 4. The zero-order valence-corrected chi connectivity index (χ0v) is 26.6. The van der Waals surface area contributed by atoms with Crippen LogP contribution in [0.1, 0.15) is 92.6 Å². The molecule has 2 N–H and O–H groups in total. The summed E-state index contributed by atoms with van der Waals surface area (Å²) in [6.45, 7) is 19.6. The van der Waals surface area contributed by atoms with Crippen molar-refractivity contribution in [1.29, 1.82) is 0 Å². The van der Waals surface area contributed by atoms with Gasteiger partial charge in [-0.1, -0.05) is 39.8 Å². The highest BCUT2D eigenvalue weighted by molar-refractivity contribution is 5.76. The van der Waals surface area contributed by atoms with Crippen LogP contribution < -0.4 is 15.4 Å². The van der Waals surface area contributed by atoms with Gasteiger partial charge in [-0.15, -0.1) is 0 Å². The van der Waals surface area contributed by atoms with Gasteiger partial charge in [0.15, 0.2) is 12.4 Å². The van der Waals surface area contributed by atoms with Crippen molar-refractivity contribution in [2.24, 2.45) is 16.2 Å². The number of benzene rings is 1. The van der Waals surface area contributed by atoms with Gasteiger partial charge in [-0.3, -0.25) is 4.79 Å². The standard InChI is InChI=1S/C33H56N2O5/c1-23-14-12-15-25(20-23)39-27-26(34-9)21-24(2)38-28(27)40-29-31(3,4)16-13-18-35-17-10-11-19-37-30(36)33(7,8)22-32(29,5)6/h12,14-15,20,24,26-29,34-35H,10-11,13,16-19,21-22H2,1-9H3/t24-,26+,27-,28+,29?/m1/s1. The molecule has 2 aliphatic rings. The lowest BCUT2D eigenvalue weighted by molar-refractivity contribution is -0.285. The van der Waals surface area contributed by atoms with Crippen LogP contribution in [0.3, 0.4) is 0 Å². The Kier molecular flexibility index (Phi) is 11.5. The minimum Gasteiger partial charge on any atom is -0.483 e. The molecule has 0 radical (unpaired) electrons. The van der Waals surface area contributed by atoms with Crippen molar-refractivity contribution >= 4 is 5.97 Å². The average Bonchev–Trinajstić information content (AvgIpc) is 2.86. The van der Waals surface area contributed by atoms with Crippen molar-refractivity contribution in [3.63, 3.8) is 0 Å². The monoisotopic (exact) mass is 560 g/mol. The molecule has 0 saturated carbocycles. The fourth-order valence-electron chi connectivity index (χ4n) is 6.92. The molecule has 0 amide bonds. The van der Waals surface area contributed by atoms with E-state index in [4.69, 9.17) is 18.9 Å². The number of aryl methyl sites for hydroxylation is 1. The van der Waals surface area contributed by atoms with Gasteiger partial charge in [-0.25, -0.2) is 0 Å². The van der Waals surface area contributed by atoms with Crippen LogP contribution in [0, 0.1) is 23.2 Å². The molecule has 7 heteroatoms. The van der Waals surface area contributed by atoms with Crippen LogP contribution in [0.25, 0.3) is 0 Å². The molecule has 2 heterocycles. The third kappa shape index (κ3) is 8.91. The smallest absolute Gasteiger partial charge is 0.311 e. The molecule has 1 aromatic carbocycles. The summed E-state index contributed by atoms with van der Waals surface area (Å²) in [7, 11) is 1.98. The van der Waals surface area contributed by atoms with E-state index in [2.05, 4.69) is 64.3 Å². The average molecular weight is 561 g/mol. The molecule has 40 heavy (non-hydrogen) atoms. The minimum atomic E-state index is -0.648. The number of carbonyl (C=O) groups excluding carboxylic acids is 1. The lowest BCUT2D eigenvalue weighted by Gasteiger charge is -2.50. The Morgan fingerprint density at radius 2 is 1.75 bits per heavy atom. The zero-order chi connectivity index (χ0) is 29.6. The van der Waals surface area contributed by atoms with Crippen LogP contribution in [0.2, 0.25) is 0 Å². The first-order valence-corrected chi connectivity index (χ1v) is 15.3. The van der Waals surface area contributed by atoms with Crippen LogP contribution in [-0.2, 0) is 19.0 Å². The summed E-state index contributed by atoms with van der Waals surface area (Å²) >= 11 is 0. The van der Waals surface area contributed by atoms with E-state index < -0.39 is 11.7 Å². The number of cyclic esters (lactones) is 1. The number of hydrogen-bond acceptors (Lipinski definition) is 7. The summed E-state index contributed by atoms with van der Waals surface area (Å²) in [6.07, 6.45) is 4.29. The zero-order valence-electron chi connectivity index (χ0n) is 26.6. The van der Waals surface area contributed by atoms with Crippen LogP contribution in [0.5, 0.6) is 5.75 Å². The van der Waals surface area contributed by atoms with E-state index in [0.29, 0.717) is 13.0 Å². The summed E-state index contributed by atoms with van der Waals surface area (Å²) in [5.74, 6) is 0.672. The molecule has 1 aromatic rings. The molecule has 5 atom stereocenters. The topological polar surface area (TPSA) is 78.0 Å². The van der Waals surface area contributed by atoms with Gasteiger partial charge in [0.1, 0.15) is 5.75 Å². The van der Waals surface area contributed by atoms with E-state index >= 15 is 0 Å². The van der Waals surface area contributed by atoms with Crippen LogP contribution in [0.15, 0.2) is 24.3 Å². The summed E-state index contributed by atoms with van der Waals surface area (Å²) in [6, 6.07) is 8.20. The first-order chi connectivity index (χ1) is 18.7. The Balaban J connectivity index is 1.96. The van der Waals surface area contributed by atoms with Gasteiger partial charge in [0.25, 0.3) is 0 Å². The number of likely N-dealkylation sites (N-methyl/N-ethyl adjacent to an activating group) is 1. The molecule has 2 aliphatic heterocycles. The van der Waals surface area contributed by atoms with Gasteiger partial charge in [0.2, 0.25) is 0 Å². The lowest BCUT2D eigenvalue weighted by atomic mass is 9.64. The Morgan fingerprint density at radius 1 is 1.02 bits per heavy atom. The fraction of sp³-hybridized carbons (Fsp3) is 0.788. The molecular formula is C33H56N2O5. The Labute approximate surface area is 243 Å². The first-order valence-electron chi connectivity index (χ1n) is 15.3. The molecule has 0 aliphatic carbocycles. The second-order valence-electron chi connectivity index (χ2n) is 14.1. The van der Waals surface area contributed by atoms with Gasteiger partial charge < -0.3 is 29.6 Å². The minimum absolute atomic E-state index is 0.0175. The van der Waals surface area contributed by atoms with Gasteiger partial charge in [0.05, 0.1) is 30.3 Å². The van der Waals surface area contributed by atoms with E-state index in [-0.39, 0.29) is 41.2 Å². The third-order valence-corrected chi connectivity index (χ3v) is 8.55. The summed E-state index contributed by atoms with van der Waals surface area (Å²) in [5.41, 5.74) is -0.0379. The molecule has 3 rings (SSSR count). The van der Waals surface area contributed by atoms with Crippen molar-refractivity contribution in [1.82, 2.24) is 10.6 Å². The number of nitrogens with one attached hydrogen (secondary N) is 2. The van der Waals surface area contributed by atoms with Crippen molar-refractivity contribution in [2.45, 2.75) is 125 Å². The molecule has 0 aromatic heterocycles. The molecule has 2 fully saturated rings. The summed E-state index contributed by atoms with van der Waals surface area (Å²) < 4.78 is 26.0. The number of esters is 1. The van der Waals surface area contributed by atoms with Gasteiger partial charge in [0, 0.05) is 0 Å². The van der Waals surface area contributed by atoms with Gasteiger partial charge >= 0.3 is 5.97 Å². The van der Waals surface area contributed by atoms with E-state index in [0.717, 1.165) is 56.5 Å². The molecule has 0 spiro atoms. The highest BCUT2D eigenvalue weighted by Gasteiger charge is 2.50. The van der Waals surface area contributed by atoms with E-state index in [9.17, 15) is 4.79 Å². The van der Waals surface area contributed by atoms with Gasteiger partial charge in [-0.05, 0) is 115 Å². The Morgan fingerprint density at radius 3 is 2.45 bits per heavy atom. The first kappa shape index (κ1) is 32.8. The maximum absolute atomic E-state index is 13.2. The second kappa shape index (κ2) is 14.0. The molecule has 1 unspecified atom stereocenters. The molecule has 7 nitrogen and oxygen atoms in total. The van der Waals surface area contributed by atoms with E-state index in [1.165, 1.54) is 0 Å². The quantitative estimate of drug-likeness (QED) is 0.426. The summed E-state index contributed by atoms with van der Waals surface area (Å²) in [5, 5.41) is 7.03. The fourth-order valence-corrected chi connectivity index (χ4v) is 6.92. The number of rotatable bonds is 5. The number of carbonyl (C=O) groups is 1. The maximum atomic E-state index is 13.2. The highest BCUT2D eigenvalue weighted by atomic mass is 16.7. The SMILES string of the molecule is CN[C@H]1C[C@@H](C)O[C@@H](OC2C(C)(C)CCCNCCCCOC(=O)C(C)(C)CC2(C)C)[C@@H]1Oc1cccc(C)c1.